The third kappa shape index (κ3) is 4.00. The zero-order valence-corrected chi connectivity index (χ0v) is 14.8. The summed E-state index contributed by atoms with van der Waals surface area (Å²) in [5.74, 6) is 0.472. The summed E-state index contributed by atoms with van der Waals surface area (Å²) in [6.45, 7) is 1.07. The van der Waals surface area contributed by atoms with E-state index in [0.717, 1.165) is 25.8 Å². The van der Waals surface area contributed by atoms with Crippen LogP contribution in [0.3, 0.4) is 0 Å². The minimum Gasteiger partial charge on any atom is -0.342 e. The number of rotatable bonds is 5. The van der Waals surface area contributed by atoms with Gasteiger partial charge in [-0.05, 0) is 38.1 Å². The monoisotopic (exact) mass is 345 g/mol. The van der Waals surface area contributed by atoms with Crippen molar-refractivity contribution in [1.82, 2.24) is 10.2 Å². The van der Waals surface area contributed by atoms with E-state index in [4.69, 9.17) is 0 Å². The van der Waals surface area contributed by atoms with Gasteiger partial charge in [0.05, 0.1) is 11.3 Å². The number of nitro groups is 1. The fourth-order valence-electron chi connectivity index (χ4n) is 4.48. The van der Waals surface area contributed by atoms with Crippen LogP contribution in [0.25, 0.3) is 0 Å². The normalized spacial score (nSPS) is 26.4. The number of amides is 1. The Balaban J connectivity index is 1.71. The van der Waals surface area contributed by atoms with Crippen molar-refractivity contribution in [3.8, 4) is 0 Å². The van der Waals surface area contributed by atoms with Gasteiger partial charge in [0.15, 0.2) is 0 Å². The summed E-state index contributed by atoms with van der Waals surface area (Å²) in [6, 6.07) is 7.28. The van der Waals surface area contributed by atoms with E-state index in [1.54, 1.807) is 18.2 Å². The van der Waals surface area contributed by atoms with Gasteiger partial charge in [-0.25, -0.2) is 0 Å². The molecule has 1 heterocycles. The lowest BCUT2D eigenvalue weighted by Crippen LogP contribution is -2.50. The first kappa shape index (κ1) is 17.9. The Morgan fingerprint density at radius 2 is 2.00 bits per heavy atom. The number of nitrogens with one attached hydrogen (secondary N) is 1. The molecule has 1 amide bonds. The highest BCUT2D eigenvalue weighted by molar-refractivity contribution is 5.80. The molecule has 25 heavy (non-hydrogen) atoms. The van der Waals surface area contributed by atoms with Gasteiger partial charge < -0.3 is 10.2 Å². The summed E-state index contributed by atoms with van der Waals surface area (Å²) < 4.78 is 0. The summed E-state index contributed by atoms with van der Waals surface area (Å²) in [5.41, 5.74) is 0.526. The first-order valence-corrected chi connectivity index (χ1v) is 9.29. The van der Waals surface area contributed by atoms with E-state index < -0.39 is 4.92 Å². The van der Waals surface area contributed by atoms with Crippen molar-refractivity contribution in [1.29, 1.82) is 0 Å². The number of para-hydroxylation sites is 1. The molecule has 1 aliphatic heterocycles. The average Bonchev–Trinajstić information content (AvgIpc) is 3.16. The van der Waals surface area contributed by atoms with Crippen molar-refractivity contribution in [2.75, 3.05) is 13.6 Å². The van der Waals surface area contributed by atoms with Crippen molar-refractivity contribution in [2.24, 2.45) is 5.92 Å². The van der Waals surface area contributed by atoms with Crippen LogP contribution in [-0.2, 0) is 11.2 Å². The van der Waals surface area contributed by atoms with Gasteiger partial charge in [0, 0.05) is 30.8 Å². The Morgan fingerprint density at radius 1 is 1.24 bits per heavy atom. The molecule has 3 atom stereocenters. The van der Waals surface area contributed by atoms with Crippen molar-refractivity contribution in [3.05, 3.63) is 39.9 Å². The highest BCUT2D eigenvalue weighted by Gasteiger charge is 2.37. The summed E-state index contributed by atoms with van der Waals surface area (Å²) in [6.07, 6.45) is 7.06. The molecular formula is C19H27N3O3. The number of benzene rings is 1. The lowest BCUT2D eigenvalue weighted by Gasteiger charge is -2.41. The second-order valence-electron chi connectivity index (χ2n) is 7.29. The number of hydrogen-bond acceptors (Lipinski definition) is 4. The minimum absolute atomic E-state index is 0.0239. The SMILES string of the molecule is CN(C(=O)Cc1ccccc1[N+](=O)[O-])C1CCCCC1C1CCCN1. The van der Waals surface area contributed by atoms with Gasteiger partial charge in [0.1, 0.15) is 0 Å². The molecule has 6 nitrogen and oxygen atoms in total. The minimum atomic E-state index is -0.408. The quantitative estimate of drug-likeness (QED) is 0.658. The molecule has 1 aliphatic carbocycles. The van der Waals surface area contributed by atoms with Gasteiger partial charge in [-0.2, -0.15) is 0 Å². The maximum atomic E-state index is 12.8. The Kier molecular flexibility index (Phi) is 5.68. The predicted molar refractivity (Wildman–Crippen MR) is 96.3 cm³/mol. The summed E-state index contributed by atoms with van der Waals surface area (Å²) in [4.78, 5) is 25.5. The van der Waals surface area contributed by atoms with Crippen LogP contribution in [0, 0.1) is 16.0 Å². The third-order valence-electron chi connectivity index (χ3n) is 5.82. The van der Waals surface area contributed by atoms with Crippen LogP contribution in [0.15, 0.2) is 24.3 Å². The van der Waals surface area contributed by atoms with Gasteiger partial charge in [-0.1, -0.05) is 31.0 Å². The van der Waals surface area contributed by atoms with Crippen LogP contribution < -0.4 is 5.32 Å². The number of carbonyl (C=O) groups excluding carboxylic acids is 1. The fraction of sp³-hybridized carbons (Fsp3) is 0.632. The number of likely N-dealkylation sites (N-methyl/N-ethyl adjacent to an activating group) is 1. The Bertz CT molecular complexity index is 628. The van der Waals surface area contributed by atoms with E-state index in [1.807, 2.05) is 11.9 Å². The predicted octanol–water partition coefficient (Wildman–Crippen LogP) is 2.91. The van der Waals surface area contributed by atoms with E-state index in [1.165, 1.54) is 25.3 Å². The van der Waals surface area contributed by atoms with Crippen molar-refractivity contribution in [3.63, 3.8) is 0 Å². The molecule has 2 fully saturated rings. The largest absolute Gasteiger partial charge is 0.342 e. The molecular weight excluding hydrogens is 318 g/mol. The number of hydrogen-bond donors (Lipinski definition) is 1. The molecule has 1 saturated carbocycles. The van der Waals surface area contributed by atoms with Crippen molar-refractivity contribution >= 4 is 11.6 Å². The first-order chi connectivity index (χ1) is 12.1. The second-order valence-corrected chi connectivity index (χ2v) is 7.29. The standard InChI is InChI=1S/C19H27N3O3/c1-21(18-11-5-3-8-15(18)16-9-6-12-20-16)19(23)13-14-7-2-4-10-17(14)22(24)25/h2,4,7,10,15-16,18,20H,3,5-6,8-9,11-13H2,1H3. The van der Waals surface area contributed by atoms with Crippen LogP contribution in [0.1, 0.15) is 44.1 Å². The van der Waals surface area contributed by atoms with Crippen LogP contribution >= 0.6 is 0 Å². The Morgan fingerprint density at radius 3 is 2.72 bits per heavy atom. The number of carbonyl (C=O) groups is 1. The summed E-state index contributed by atoms with van der Waals surface area (Å²) >= 11 is 0. The lowest BCUT2D eigenvalue weighted by molar-refractivity contribution is -0.385. The van der Waals surface area contributed by atoms with Gasteiger partial charge in [0.25, 0.3) is 5.69 Å². The molecule has 1 aromatic rings. The molecule has 1 saturated heterocycles. The lowest BCUT2D eigenvalue weighted by atomic mass is 9.78. The molecule has 136 valence electrons. The maximum absolute atomic E-state index is 12.8. The summed E-state index contributed by atoms with van der Waals surface area (Å²) in [7, 11) is 1.87. The molecule has 3 rings (SSSR count). The molecule has 0 bridgehead atoms. The number of nitrogens with zero attached hydrogens (tertiary/aromatic N) is 2. The molecule has 3 unspecified atom stereocenters. The highest BCUT2D eigenvalue weighted by atomic mass is 16.6. The van der Waals surface area contributed by atoms with Gasteiger partial charge in [-0.15, -0.1) is 0 Å². The molecule has 1 aromatic carbocycles. The fourth-order valence-corrected chi connectivity index (χ4v) is 4.48. The number of nitro benzene ring substituents is 1. The molecule has 2 aliphatic rings. The molecule has 6 heteroatoms. The van der Waals surface area contributed by atoms with E-state index >= 15 is 0 Å². The van der Waals surface area contributed by atoms with Crippen LogP contribution in [0.2, 0.25) is 0 Å². The molecule has 0 radical (unpaired) electrons. The zero-order valence-electron chi connectivity index (χ0n) is 14.8. The smallest absolute Gasteiger partial charge is 0.273 e. The van der Waals surface area contributed by atoms with E-state index in [9.17, 15) is 14.9 Å². The Labute approximate surface area is 148 Å². The third-order valence-corrected chi connectivity index (χ3v) is 5.82. The maximum Gasteiger partial charge on any atom is 0.273 e. The van der Waals surface area contributed by atoms with Crippen LogP contribution in [-0.4, -0.2) is 41.4 Å². The van der Waals surface area contributed by atoms with Gasteiger partial charge in [-0.3, -0.25) is 14.9 Å². The molecule has 0 spiro atoms. The molecule has 0 aromatic heterocycles. The van der Waals surface area contributed by atoms with E-state index in [2.05, 4.69) is 5.32 Å². The van der Waals surface area contributed by atoms with Crippen LogP contribution in [0.4, 0.5) is 5.69 Å². The van der Waals surface area contributed by atoms with E-state index in [-0.39, 0.29) is 24.1 Å². The van der Waals surface area contributed by atoms with Crippen molar-refractivity contribution < 1.29 is 9.72 Å². The molecule has 1 N–H and O–H groups in total. The second kappa shape index (κ2) is 7.95. The van der Waals surface area contributed by atoms with E-state index in [0.29, 0.717) is 17.5 Å². The summed E-state index contributed by atoms with van der Waals surface area (Å²) in [5, 5.41) is 14.8. The van der Waals surface area contributed by atoms with Gasteiger partial charge >= 0.3 is 0 Å². The first-order valence-electron chi connectivity index (χ1n) is 9.29. The highest BCUT2D eigenvalue weighted by Crippen LogP contribution is 2.33. The topological polar surface area (TPSA) is 75.5 Å². The Hall–Kier alpha value is -1.95. The van der Waals surface area contributed by atoms with Crippen LogP contribution in [0.5, 0.6) is 0 Å². The van der Waals surface area contributed by atoms with Crippen molar-refractivity contribution in [2.45, 2.75) is 57.0 Å². The van der Waals surface area contributed by atoms with Gasteiger partial charge in [0.2, 0.25) is 5.91 Å². The zero-order chi connectivity index (χ0) is 17.8. The average molecular weight is 345 g/mol.